The van der Waals surface area contributed by atoms with Gasteiger partial charge in [-0.2, -0.15) is 8.78 Å². The Hall–Kier alpha value is -0.770. The summed E-state index contributed by atoms with van der Waals surface area (Å²) in [5.41, 5.74) is 0. The number of alkyl halides is 2. The fraction of sp³-hybridized carbons (Fsp3) is 0.455. The molecular weight excluding hydrogens is 218 g/mol. The molecule has 1 nitrogen and oxygen atoms in total. The molecular formula is C11H14F2OS. The molecule has 0 saturated carbocycles. The average Bonchev–Trinajstić information content (AvgIpc) is 2.26. The molecule has 0 fully saturated rings. The summed E-state index contributed by atoms with van der Waals surface area (Å²) in [6.07, 6.45) is 0.762. The number of benzene rings is 1. The molecule has 0 aliphatic heterocycles. The first-order chi connectivity index (χ1) is 7.08. The average molecular weight is 232 g/mol. The van der Waals surface area contributed by atoms with Gasteiger partial charge in [0.25, 0.3) is 0 Å². The Morgan fingerprint density at radius 3 is 2.40 bits per heavy atom. The van der Waals surface area contributed by atoms with E-state index in [4.69, 9.17) is 0 Å². The third kappa shape index (κ3) is 3.38. The molecule has 1 aromatic carbocycles. The van der Waals surface area contributed by atoms with Gasteiger partial charge in [-0.25, -0.2) is 4.21 Å². The number of unbranched alkanes of at least 4 members (excludes halogenated alkanes) is 1. The molecule has 0 bridgehead atoms. The van der Waals surface area contributed by atoms with Crippen LogP contribution in [0.25, 0.3) is 0 Å². The number of hydrogen-bond acceptors (Lipinski definition) is 1. The standard InChI is InChI=1S/C11H14F2OS/c1-2-3-9-11(12,13)15(14)10-7-5-4-6-8-10/h4-8H,2-3,9H2,1H3. The van der Waals surface area contributed by atoms with Gasteiger partial charge in [0, 0.05) is 11.3 Å². The van der Waals surface area contributed by atoms with E-state index in [0.29, 0.717) is 12.8 Å². The van der Waals surface area contributed by atoms with Gasteiger partial charge in [0.1, 0.15) is 10.8 Å². The van der Waals surface area contributed by atoms with E-state index in [9.17, 15) is 13.0 Å². The second-order valence-corrected chi connectivity index (χ2v) is 4.93. The summed E-state index contributed by atoms with van der Waals surface area (Å²) in [6, 6.07) is 7.88. The van der Waals surface area contributed by atoms with Crippen LogP contribution in [-0.2, 0) is 10.8 Å². The van der Waals surface area contributed by atoms with E-state index in [0.717, 1.165) is 0 Å². The van der Waals surface area contributed by atoms with Crippen molar-refractivity contribution in [3.05, 3.63) is 30.3 Å². The first-order valence-electron chi connectivity index (χ1n) is 4.92. The lowest BCUT2D eigenvalue weighted by Gasteiger charge is -2.15. The molecule has 84 valence electrons. The van der Waals surface area contributed by atoms with E-state index < -0.39 is 16.1 Å². The van der Waals surface area contributed by atoms with E-state index in [1.165, 1.54) is 12.1 Å². The topological polar surface area (TPSA) is 17.1 Å². The van der Waals surface area contributed by atoms with Crippen molar-refractivity contribution < 1.29 is 13.0 Å². The molecule has 0 saturated heterocycles. The molecule has 0 heterocycles. The van der Waals surface area contributed by atoms with Crippen LogP contribution in [0, 0.1) is 0 Å². The number of rotatable bonds is 5. The molecule has 4 heteroatoms. The lowest BCUT2D eigenvalue weighted by molar-refractivity contribution is 0.0861. The normalized spacial score (nSPS) is 13.8. The summed E-state index contributed by atoms with van der Waals surface area (Å²) in [7, 11) is -2.23. The van der Waals surface area contributed by atoms with Gasteiger partial charge in [0.15, 0.2) is 0 Å². The highest BCUT2D eigenvalue weighted by atomic mass is 32.2. The molecule has 1 aromatic rings. The Morgan fingerprint density at radius 1 is 1.27 bits per heavy atom. The maximum Gasteiger partial charge on any atom is 0.325 e. The molecule has 0 amide bonds. The molecule has 1 unspecified atom stereocenters. The van der Waals surface area contributed by atoms with E-state index in [1.54, 1.807) is 18.2 Å². The van der Waals surface area contributed by atoms with Crippen molar-refractivity contribution in [2.45, 2.75) is 36.3 Å². The first kappa shape index (κ1) is 12.3. The van der Waals surface area contributed by atoms with Crippen LogP contribution in [-0.4, -0.2) is 9.46 Å². The second-order valence-electron chi connectivity index (χ2n) is 3.32. The summed E-state index contributed by atoms with van der Waals surface area (Å²) in [5, 5.41) is -3.11. The highest BCUT2D eigenvalue weighted by Crippen LogP contribution is 2.29. The predicted molar refractivity (Wildman–Crippen MR) is 57.3 cm³/mol. The van der Waals surface area contributed by atoms with Crippen LogP contribution in [0.3, 0.4) is 0 Å². The van der Waals surface area contributed by atoms with Crippen molar-refractivity contribution in [1.29, 1.82) is 0 Å². The van der Waals surface area contributed by atoms with Gasteiger partial charge in [-0.15, -0.1) is 0 Å². The molecule has 1 rings (SSSR count). The number of halogens is 2. The van der Waals surface area contributed by atoms with E-state index in [1.807, 2.05) is 6.92 Å². The molecule has 0 aromatic heterocycles. The van der Waals surface area contributed by atoms with Crippen molar-refractivity contribution in [3.8, 4) is 0 Å². The predicted octanol–water partition coefficient (Wildman–Crippen LogP) is 3.58. The monoisotopic (exact) mass is 232 g/mol. The minimum atomic E-state index is -3.11. The van der Waals surface area contributed by atoms with Crippen molar-refractivity contribution in [1.82, 2.24) is 0 Å². The van der Waals surface area contributed by atoms with Gasteiger partial charge in [0.2, 0.25) is 0 Å². The third-order valence-corrected chi connectivity index (χ3v) is 3.50. The zero-order valence-corrected chi connectivity index (χ0v) is 9.40. The summed E-state index contributed by atoms with van der Waals surface area (Å²) >= 11 is 0. The number of hydrogen-bond donors (Lipinski definition) is 0. The van der Waals surface area contributed by atoms with E-state index in [2.05, 4.69) is 0 Å². The van der Waals surface area contributed by atoms with E-state index >= 15 is 0 Å². The third-order valence-electron chi connectivity index (χ3n) is 2.05. The van der Waals surface area contributed by atoms with Gasteiger partial charge in [-0.1, -0.05) is 31.5 Å². The maximum atomic E-state index is 13.4. The van der Waals surface area contributed by atoms with Crippen molar-refractivity contribution in [3.63, 3.8) is 0 Å². The van der Waals surface area contributed by atoms with Crippen LogP contribution in [0.5, 0.6) is 0 Å². The fourth-order valence-corrected chi connectivity index (χ4v) is 2.27. The Kier molecular flexibility index (Phi) is 4.39. The van der Waals surface area contributed by atoms with Crippen LogP contribution in [0.15, 0.2) is 35.2 Å². The second kappa shape index (κ2) is 5.35. The zero-order chi connectivity index (χ0) is 11.3. The van der Waals surface area contributed by atoms with Gasteiger partial charge < -0.3 is 0 Å². The minimum absolute atomic E-state index is 0.193. The Morgan fingerprint density at radius 2 is 1.87 bits per heavy atom. The molecule has 0 aliphatic carbocycles. The first-order valence-corrected chi connectivity index (χ1v) is 6.07. The summed E-state index contributed by atoms with van der Waals surface area (Å²) in [6.45, 7) is 1.83. The van der Waals surface area contributed by atoms with Crippen LogP contribution in [0.2, 0.25) is 0 Å². The van der Waals surface area contributed by atoms with Crippen molar-refractivity contribution in [2.75, 3.05) is 0 Å². The molecule has 15 heavy (non-hydrogen) atoms. The van der Waals surface area contributed by atoms with Crippen LogP contribution in [0.4, 0.5) is 8.78 Å². The van der Waals surface area contributed by atoms with E-state index in [-0.39, 0.29) is 11.3 Å². The van der Waals surface area contributed by atoms with Gasteiger partial charge in [-0.3, -0.25) is 0 Å². The summed E-state index contributed by atoms with van der Waals surface area (Å²) in [4.78, 5) is 0.193. The molecule has 1 atom stereocenters. The minimum Gasteiger partial charge on any atom is -0.248 e. The fourth-order valence-electron chi connectivity index (χ4n) is 1.19. The molecule has 0 radical (unpaired) electrons. The lowest BCUT2D eigenvalue weighted by Crippen LogP contribution is -2.22. The van der Waals surface area contributed by atoms with Crippen LogP contribution >= 0.6 is 0 Å². The largest absolute Gasteiger partial charge is 0.325 e. The lowest BCUT2D eigenvalue weighted by atomic mass is 10.3. The Bertz CT molecular complexity index is 325. The van der Waals surface area contributed by atoms with Crippen LogP contribution < -0.4 is 0 Å². The summed E-state index contributed by atoms with van der Waals surface area (Å²) in [5.74, 6) is 0. The Labute approximate surface area is 91.0 Å². The Balaban J connectivity index is 2.75. The summed E-state index contributed by atoms with van der Waals surface area (Å²) < 4.78 is 38.3. The molecule has 0 spiro atoms. The van der Waals surface area contributed by atoms with Crippen LogP contribution in [0.1, 0.15) is 26.2 Å². The van der Waals surface area contributed by atoms with Gasteiger partial charge in [-0.05, 0) is 18.6 Å². The van der Waals surface area contributed by atoms with Crippen molar-refractivity contribution >= 4 is 10.8 Å². The smallest absolute Gasteiger partial charge is 0.248 e. The van der Waals surface area contributed by atoms with Gasteiger partial charge >= 0.3 is 5.25 Å². The van der Waals surface area contributed by atoms with Crippen molar-refractivity contribution in [2.24, 2.45) is 0 Å². The highest BCUT2D eigenvalue weighted by molar-refractivity contribution is 7.86. The zero-order valence-electron chi connectivity index (χ0n) is 8.58. The quantitative estimate of drug-likeness (QED) is 0.758. The highest BCUT2D eigenvalue weighted by Gasteiger charge is 2.36. The maximum absolute atomic E-state index is 13.4. The SMILES string of the molecule is CCCCC(F)(F)S(=O)c1ccccc1. The molecule has 0 N–H and O–H groups in total. The van der Waals surface area contributed by atoms with Gasteiger partial charge in [0.05, 0.1) is 0 Å². The molecule has 0 aliphatic rings.